The average molecular weight is 399 g/mol. The van der Waals surface area contributed by atoms with Crippen molar-refractivity contribution in [2.75, 3.05) is 13.7 Å². The summed E-state index contributed by atoms with van der Waals surface area (Å²) >= 11 is 3.45. The summed E-state index contributed by atoms with van der Waals surface area (Å²) in [4.78, 5) is 18.1. The van der Waals surface area contributed by atoms with Gasteiger partial charge in [0.25, 0.3) is 5.91 Å². The Hall–Kier alpha value is -2.47. The molecule has 2 aromatic carbocycles. The van der Waals surface area contributed by atoms with Gasteiger partial charge in [-0.05, 0) is 48.4 Å². The zero-order chi connectivity index (χ0) is 17.1. The Labute approximate surface area is 152 Å². The molecule has 6 heteroatoms. The third-order valence-electron chi connectivity index (χ3n) is 4.95. The number of amides is 1. The maximum atomic E-state index is 12.9. The Morgan fingerprint density at radius 1 is 1.28 bits per heavy atom. The van der Waals surface area contributed by atoms with Crippen LogP contribution in [0.2, 0.25) is 0 Å². The average Bonchev–Trinajstić information content (AvgIpc) is 3.00. The summed E-state index contributed by atoms with van der Waals surface area (Å²) in [6, 6.07) is 11.5. The lowest BCUT2D eigenvalue weighted by atomic mass is 9.99. The lowest BCUT2D eigenvalue weighted by molar-refractivity contribution is 0.00199. The van der Waals surface area contributed by atoms with Gasteiger partial charge in [0, 0.05) is 21.9 Å². The minimum absolute atomic E-state index is 0.0145. The first-order chi connectivity index (χ1) is 12.2. The van der Waals surface area contributed by atoms with Gasteiger partial charge < -0.3 is 14.5 Å². The van der Waals surface area contributed by atoms with Crippen LogP contribution in [0.3, 0.4) is 0 Å². The number of methoxy groups -OCH3 is 1. The normalized spacial score (nSPS) is 18.4. The molecule has 0 bridgehead atoms. The number of carbonyl (C=O) groups is 1. The number of aromatic nitrogens is 1. The van der Waals surface area contributed by atoms with Gasteiger partial charge in [0.05, 0.1) is 18.4 Å². The van der Waals surface area contributed by atoms with Crippen LogP contribution in [0.15, 0.2) is 40.9 Å². The minimum Gasteiger partial charge on any atom is -0.497 e. The molecule has 25 heavy (non-hydrogen) atoms. The van der Waals surface area contributed by atoms with Gasteiger partial charge in [-0.15, -0.1) is 0 Å². The Morgan fingerprint density at radius 3 is 3.00 bits per heavy atom. The van der Waals surface area contributed by atoms with Gasteiger partial charge in [-0.25, -0.2) is 0 Å². The lowest BCUT2D eigenvalue weighted by Gasteiger charge is -2.39. The zero-order valence-corrected chi connectivity index (χ0v) is 15.1. The molecule has 5 nitrogen and oxygen atoms in total. The van der Waals surface area contributed by atoms with Crippen LogP contribution >= 0.6 is 15.9 Å². The van der Waals surface area contributed by atoms with E-state index in [0.29, 0.717) is 17.9 Å². The molecule has 0 aliphatic carbocycles. The molecule has 3 heterocycles. The molecular formula is C19H15BrN2O3. The molecule has 0 radical (unpaired) electrons. The van der Waals surface area contributed by atoms with Crippen molar-refractivity contribution >= 4 is 32.7 Å². The number of halogens is 1. The fraction of sp³-hybridized carbons (Fsp3) is 0.211. The molecule has 1 unspecified atom stereocenters. The van der Waals surface area contributed by atoms with Crippen LogP contribution in [0.5, 0.6) is 11.5 Å². The largest absolute Gasteiger partial charge is 0.497 e. The lowest BCUT2D eigenvalue weighted by Crippen LogP contribution is -2.45. The van der Waals surface area contributed by atoms with E-state index in [4.69, 9.17) is 9.47 Å². The van der Waals surface area contributed by atoms with Crippen molar-refractivity contribution in [3.63, 3.8) is 0 Å². The highest BCUT2D eigenvalue weighted by atomic mass is 79.9. The highest BCUT2D eigenvalue weighted by Gasteiger charge is 2.40. The summed E-state index contributed by atoms with van der Waals surface area (Å²) in [5.74, 6) is 1.46. The second-order valence-corrected chi connectivity index (χ2v) is 7.20. The van der Waals surface area contributed by atoms with Crippen LogP contribution in [0.25, 0.3) is 10.9 Å². The van der Waals surface area contributed by atoms with Crippen molar-refractivity contribution in [2.45, 2.75) is 12.6 Å². The molecule has 126 valence electrons. The summed E-state index contributed by atoms with van der Waals surface area (Å²) in [5.41, 5.74) is 3.79. The first-order valence-corrected chi connectivity index (χ1v) is 8.90. The van der Waals surface area contributed by atoms with Crippen LogP contribution in [0, 0.1) is 0 Å². The maximum Gasteiger partial charge on any atom is 0.260 e. The molecule has 5 rings (SSSR count). The topological polar surface area (TPSA) is 54.6 Å². The first kappa shape index (κ1) is 14.8. The number of rotatable bonds is 1. The Balaban J connectivity index is 1.66. The summed E-state index contributed by atoms with van der Waals surface area (Å²) < 4.78 is 12.5. The second-order valence-electron chi connectivity index (χ2n) is 6.29. The summed E-state index contributed by atoms with van der Waals surface area (Å²) in [7, 11) is 1.67. The molecule has 0 saturated carbocycles. The highest BCUT2D eigenvalue weighted by molar-refractivity contribution is 9.10. The zero-order valence-electron chi connectivity index (χ0n) is 13.5. The number of nitrogens with one attached hydrogen (secondary N) is 1. The Kier molecular flexibility index (Phi) is 3.12. The van der Waals surface area contributed by atoms with E-state index >= 15 is 0 Å². The number of ether oxygens (including phenoxy) is 2. The number of fused-ring (bicyclic) bond motifs is 6. The van der Waals surface area contributed by atoms with E-state index in [1.54, 1.807) is 12.0 Å². The van der Waals surface area contributed by atoms with Crippen molar-refractivity contribution in [1.82, 2.24) is 9.88 Å². The quantitative estimate of drug-likeness (QED) is 0.673. The highest BCUT2D eigenvalue weighted by Crippen LogP contribution is 2.42. The van der Waals surface area contributed by atoms with Gasteiger partial charge in [0.1, 0.15) is 11.5 Å². The van der Waals surface area contributed by atoms with Crippen molar-refractivity contribution in [3.8, 4) is 11.5 Å². The van der Waals surface area contributed by atoms with Crippen molar-refractivity contribution in [2.24, 2.45) is 0 Å². The molecule has 3 aromatic rings. The minimum atomic E-state index is -0.420. The van der Waals surface area contributed by atoms with Crippen molar-refractivity contribution in [3.05, 3.63) is 57.7 Å². The Morgan fingerprint density at radius 2 is 2.16 bits per heavy atom. The molecule has 2 aliphatic heterocycles. The molecule has 1 amide bonds. The maximum absolute atomic E-state index is 12.9. The molecule has 0 fully saturated rings. The third kappa shape index (κ3) is 2.10. The standard InChI is InChI=1S/C19H15BrN2O3/c1-24-11-3-5-15-14(9-11)12-6-7-22-18(23)13-4-2-10(20)8-16(13)25-19(22)17(12)21-15/h2-5,8-9,19,21H,6-7H2,1H3. The first-order valence-electron chi connectivity index (χ1n) is 8.11. The number of nitrogens with zero attached hydrogens (tertiary/aromatic N) is 1. The molecule has 1 atom stereocenters. The van der Waals surface area contributed by atoms with Crippen LogP contribution in [-0.4, -0.2) is 29.4 Å². The number of benzene rings is 2. The Bertz CT molecular complexity index is 1030. The molecule has 1 aromatic heterocycles. The van der Waals surface area contributed by atoms with E-state index in [1.807, 2.05) is 36.4 Å². The van der Waals surface area contributed by atoms with Gasteiger partial charge in [0.2, 0.25) is 6.23 Å². The third-order valence-corrected chi connectivity index (χ3v) is 5.45. The SMILES string of the molecule is COc1ccc2[nH]c3c(c2c1)CCN1C(=O)c2ccc(Br)cc2OC31. The summed E-state index contributed by atoms with van der Waals surface area (Å²) in [5, 5.41) is 1.13. The van der Waals surface area contributed by atoms with E-state index in [9.17, 15) is 4.79 Å². The summed E-state index contributed by atoms with van der Waals surface area (Å²) in [6.45, 7) is 0.635. The molecular weight excluding hydrogens is 384 g/mol. The van der Waals surface area contributed by atoms with Crippen molar-refractivity contribution < 1.29 is 14.3 Å². The summed E-state index contributed by atoms with van der Waals surface area (Å²) in [6.07, 6.45) is 0.372. The van der Waals surface area contributed by atoms with Crippen LogP contribution in [-0.2, 0) is 6.42 Å². The van der Waals surface area contributed by atoms with E-state index < -0.39 is 6.23 Å². The van der Waals surface area contributed by atoms with Gasteiger partial charge in [0.15, 0.2) is 0 Å². The predicted molar refractivity (Wildman–Crippen MR) is 97.1 cm³/mol. The smallest absolute Gasteiger partial charge is 0.260 e. The predicted octanol–water partition coefficient (Wildman–Crippen LogP) is 4.03. The number of H-pyrrole nitrogens is 1. The number of hydrogen-bond donors (Lipinski definition) is 1. The number of hydrogen-bond acceptors (Lipinski definition) is 3. The van der Waals surface area contributed by atoms with Gasteiger partial charge in [-0.2, -0.15) is 0 Å². The number of carbonyl (C=O) groups excluding carboxylic acids is 1. The van der Waals surface area contributed by atoms with Crippen LogP contribution in [0.1, 0.15) is 27.8 Å². The fourth-order valence-electron chi connectivity index (χ4n) is 3.74. The molecule has 0 saturated heterocycles. The molecule has 2 aliphatic rings. The van der Waals surface area contributed by atoms with Crippen molar-refractivity contribution in [1.29, 1.82) is 0 Å². The monoisotopic (exact) mass is 398 g/mol. The van der Waals surface area contributed by atoms with E-state index in [1.165, 1.54) is 5.56 Å². The van der Waals surface area contributed by atoms with E-state index in [2.05, 4.69) is 20.9 Å². The molecule has 0 spiro atoms. The number of aromatic amines is 1. The van der Waals surface area contributed by atoms with Crippen LogP contribution < -0.4 is 9.47 Å². The van der Waals surface area contributed by atoms with Crippen LogP contribution in [0.4, 0.5) is 0 Å². The fourth-order valence-corrected chi connectivity index (χ4v) is 4.08. The van der Waals surface area contributed by atoms with E-state index in [-0.39, 0.29) is 5.91 Å². The van der Waals surface area contributed by atoms with Gasteiger partial charge in [-0.1, -0.05) is 15.9 Å². The van der Waals surface area contributed by atoms with Gasteiger partial charge >= 0.3 is 0 Å². The second kappa shape index (κ2) is 5.26. The van der Waals surface area contributed by atoms with Gasteiger partial charge in [-0.3, -0.25) is 9.69 Å². The van der Waals surface area contributed by atoms with E-state index in [0.717, 1.165) is 33.2 Å². The molecule has 1 N–H and O–H groups in total.